The van der Waals surface area contributed by atoms with Gasteiger partial charge in [-0.3, -0.25) is 9.69 Å². The molecule has 1 saturated heterocycles. The lowest BCUT2D eigenvalue weighted by Gasteiger charge is -2.47. The molecule has 30 heavy (non-hydrogen) atoms. The number of methoxy groups -OCH3 is 2. The van der Waals surface area contributed by atoms with Crippen LogP contribution in [0.25, 0.3) is 0 Å². The summed E-state index contributed by atoms with van der Waals surface area (Å²) < 4.78 is 206. The summed E-state index contributed by atoms with van der Waals surface area (Å²) in [7, 11) is -1.99. The van der Waals surface area contributed by atoms with E-state index in [2.05, 4.69) is 0 Å². The molecule has 2 aliphatic heterocycles. The maximum atomic E-state index is 13.9. The van der Waals surface area contributed by atoms with Gasteiger partial charge in [-0.25, -0.2) is 0 Å². The van der Waals surface area contributed by atoms with Crippen molar-refractivity contribution in [1.29, 1.82) is 0 Å². The predicted octanol–water partition coefficient (Wildman–Crippen LogP) is 3.56. The van der Waals surface area contributed by atoms with Gasteiger partial charge in [0.15, 0.2) is 11.5 Å². The highest BCUT2D eigenvalue weighted by atomic mass is 16.5. The number of hydrogen-bond donors (Lipinski definition) is 1. The topological polar surface area (TPSA) is 74.0 Å². The molecule has 5 atom stereocenters. The van der Waals surface area contributed by atoms with Crippen molar-refractivity contribution < 1.29 is 50.5 Å². The largest absolute Gasteiger partial charge is 0.493 e. The van der Waals surface area contributed by atoms with Crippen LogP contribution in [-0.2, 0) is 16.0 Å². The minimum absolute atomic E-state index is 0.0107. The number of piperidine rings is 1. The first-order chi connectivity index (χ1) is 23.1. The van der Waals surface area contributed by atoms with Gasteiger partial charge in [-0.15, -0.1) is 0 Å². The summed E-state index contributed by atoms with van der Waals surface area (Å²) >= 11 is 0. The molecule has 0 aliphatic carbocycles. The molecule has 0 amide bonds. The molecule has 4 unspecified atom stereocenters. The molecule has 2 heterocycles. The van der Waals surface area contributed by atoms with E-state index in [1.54, 1.807) is 0 Å². The van der Waals surface area contributed by atoms with Crippen LogP contribution in [0.1, 0.15) is 88.9 Å². The van der Waals surface area contributed by atoms with Crippen LogP contribution >= 0.6 is 0 Å². The molecular formula is C24H38N2O4. The number of carbonyl (C=O) groups excluding carboxylic acids is 1. The molecule has 0 radical (unpaired) electrons. The van der Waals surface area contributed by atoms with E-state index >= 15 is 0 Å². The molecule has 0 bridgehead atoms. The normalized spacial score (nSPS) is 50.0. The van der Waals surface area contributed by atoms with Gasteiger partial charge in [-0.1, -0.05) is 27.5 Å². The van der Waals surface area contributed by atoms with Crippen molar-refractivity contribution in [3.63, 3.8) is 0 Å². The zero-order valence-corrected chi connectivity index (χ0v) is 16.3. The van der Waals surface area contributed by atoms with E-state index in [1.807, 2.05) is 0 Å². The van der Waals surface area contributed by atoms with E-state index < -0.39 is 107 Å². The molecule has 2 N–H and O–H groups in total. The Balaban J connectivity index is 2.53. The van der Waals surface area contributed by atoms with Gasteiger partial charge in [-0.05, 0) is 47.8 Å². The fourth-order valence-corrected chi connectivity index (χ4v) is 3.14. The standard InChI is InChI=1S/C24H38N2O4/c1-14(2)9-17-13-26-8-7-16-10-21(28-5)22(29-6)11-18(16)19(26)12-20(17)30-24(27)23(25)15(3)4/h10-11,14-15,17,19-20,23H,7-9,12-13,25H2,1-6H3/t17?,19?,20?,23-/m0/s1/i1D3,3D3,4D3,5D3,9D2,12D2,13D2,14D,15D,17D,20D,23D/t14?,17?,19?,20?,23-. The summed E-state index contributed by atoms with van der Waals surface area (Å²) in [6.07, 6.45) is -13.1. The van der Waals surface area contributed by atoms with Crippen molar-refractivity contribution in [3.05, 3.63) is 23.3 Å². The monoisotopic (exact) mass is 441 g/mol. The number of ether oxygens (including phenoxy) is 3. The molecule has 6 heteroatoms. The second-order valence-electron chi connectivity index (χ2n) is 6.54. The maximum absolute atomic E-state index is 13.9. The summed E-state index contributed by atoms with van der Waals surface area (Å²) in [6.45, 7) is -16.2. The van der Waals surface area contributed by atoms with Crippen molar-refractivity contribution in [3.8, 4) is 11.5 Å². The highest BCUT2D eigenvalue weighted by molar-refractivity contribution is 5.76. The van der Waals surface area contributed by atoms with Crippen molar-refractivity contribution in [2.75, 3.05) is 27.2 Å². The van der Waals surface area contributed by atoms with Gasteiger partial charge >= 0.3 is 5.97 Å². The van der Waals surface area contributed by atoms with E-state index in [9.17, 15) is 13.0 Å². The predicted molar refractivity (Wildman–Crippen MR) is 118 cm³/mol. The molecule has 168 valence electrons. The van der Waals surface area contributed by atoms with E-state index in [0.29, 0.717) is 11.8 Å². The third kappa shape index (κ3) is 4.75. The molecule has 0 spiro atoms. The molecule has 1 fully saturated rings. The molecule has 6 nitrogen and oxygen atoms in total. The number of fused-ring (bicyclic) bond motifs is 3. The number of rotatable bonds is 7. The Morgan fingerprint density at radius 3 is 2.93 bits per heavy atom. The van der Waals surface area contributed by atoms with Gasteiger partial charge in [0.25, 0.3) is 0 Å². The van der Waals surface area contributed by atoms with Crippen LogP contribution in [0.2, 0.25) is 0 Å². The minimum atomic E-state index is -4.55. The average molecular weight is 442 g/mol. The Bertz CT molecular complexity index is 1590. The molecule has 0 aromatic heterocycles. The van der Waals surface area contributed by atoms with Gasteiger partial charge < -0.3 is 19.9 Å². The summed E-state index contributed by atoms with van der Waals surface area (Å²) in [5.41, 5.74) is 5.29. The first-order valence-corrected chi connectivity index (χ1v) is 8.81. The number of nitrogens with two attached hydrogens (primary N) is 1. The number of nitrogens with zero attached hydrogens (tertiary/aromatic N) is 1. The van der Waals surface area contributed by atoms with Crippen LogP contribution in [-0.4, -0.2) is 50.2 Å². The summed E-state index contributed by atoms with van der Waals surface area (Å²) in [6, 6.07) is -4.60. The second kappa shape index (κ2) is 9.56. The maximum Gasteiger partial charge on any atom is 0.323 e. The van der Waals surface area contributed by atoms with E-state index in [0.717, 1.165) is 19.2 Å². The van der Waals surface area contributed by atoms with Crippen molar-refractivity contribution in [1.82, 2.24) is 4.90 Å². The Kier molecular flexibility index (Phi) is 2.35. The van der Waals surface area contributed by atoms with Gasteiger partial charge in [0.2, 0.25) is 0 Å². The highest BCUT2D eigenvalue weighted by Gasteiger charge is 2.41. The molecule has 3 rings (SSSR count). The first kappa shape index (κ1) is 7.38. The lowest BCUT2D eigenvalue weighted by molar-refractivity contribution is -0.160. The Hall–Kier alpha value is -1.79. The van der Waals surface area contributed by atoms with E-state index in [1.165, 1.54) is 0 Å². The second-order valence-corrected chi connectivity index (χ2v) is 6.54. The van der Waals surface area contributed by atoms with Gasteiger partial charge in [-0.2, -0.15) is 0 Å². The summed E-state index contributed by atoms with van der Waals surface area (Å²) in [4.78, 5) is 14.4. The van der Waals surface area contributed by atoms with Crippen molar-refractivity contribution in [2.45, 2.75) is 64.8 Å². The molecular weight excluding hydrogens is 380 g/mol. The summed E-state index contributed by atoms with van der Waals surface area (Å²) in [5, 5.41) is 0. The Labute approximate surface area is 213 Å². The van der Waals surface area contributed by atoms with Crippen LogP contribution in [0, 0.1) is 17.7 Å². The van der Waals surface area contributed by atoms with E-state index in [-0.39, 0.29) is 17.5 Å². The fraction of sp³-hybridized carbons (Fsp3) is 0.708. The lowest BCUT2D eigenvalue weighted by Crippen LogP contribution is -2.51. The van der Waals surface area contributed by atoms with Gasteiger partial charge in [0.05, 0.1) is 21.0 Å². The van der Waals surface area contributed by atoms with Crippen LogP contribution in [0.4, 0.5) is 0 Å². The zero-order chi connectivity index (χ0) is 42.0. The van der Waals surface area contributed by atoms with Crippen LogP contribution < -0.4 is 15.2 Å². The van der Waals surface area contributed by atoms with Gasteiger partial charge in [0, 0.05) is 56.0 Å². The smallest absolute Gasteiger partial charge is 0.323 e. The fourth-order valence-electron chi connectivity index (χ4n) is 3.14. The molecule has 1 aromatic carbocycles. The van der Waals surface area contributed by atoms with Crippen LogP contribution in [0.15, 0.2) is 12.1 Å². The van der Waals surface area contributed by atoms with Crippen LogP contribution in [0.3, 0.4) is 0 Å². The lowest BCUT2D eigenvalue weighted by atomic mass is 9.79. The third-order valence-electron chi connectivity index (χ3n) is 4.51. The SMILES string of the molecule is [2H]C([2H])([2H])Oc1cc2c(cc1OC)C1N(CC2)C([2H])([2H])C([2H])(C([2H])([2H])C([2H])(C)C([2H])([2H])[2H])C([2H])(OC(=O)[C@@]([2H])(N)C([2H])(C([2H])([2H])[2H])C([2H])([2H])[2H])C1([2H])[2H]. The number of hydrogen-bond acceptors (Lipinski definition) is 6. The van der Waals surface area contributed by atoms with Crippen molar-refractivity contribution in [2.24, 2.45) is 23.4 Å². The molecule has 0 saturated carbocycles. The number of benzene rings is 1. The van der Waals surface area contributed by atoms with Crippen LogP contribution in [0.5, 0.6) is 11.5 Å². The molecule has 1 aromatic rings. The first-order valence-electron chi connectivity index (χ1n) is 20.3. The summed E-state index contributed by atoms with van der Waals surface area (Å²) in [5.74, 6) is -16.0. The highest BCUT2D eigenvalue weighted by Crippen LogP contribution is 2.44. The zero-order valence-electron chi connectivity index (χ0n) is 39.3. The number of carbonyl (C=O) groups is 1. The average Bonchev–Trinajstić information content (AvgIpc) is 2.95. The minimum Gasteiger partial charge on any atom is -0.493 e. The third-order valence-corrected chi connectivity index (χ3v) is 4.51. The van der Waals surface area contributed by atoms with Gasteiger partial charge in [0.1, 0.15) is 12.1 Å². The van der Waals surface area contributed by atoms with E-state index in [4.69, 9.17) is 43.2 Å². The Morgan fingerprint density at radius 1 is 1.43 bits per heavy atom. The molecule has 2 aliphatic rings. The number of esters is 1. The van der Waals surface area contributed by atoms with Crippen molar-refractivity contribution >= 4 is 5.97 Å². The Morgan fingerprint density at radius 2 is 2.23 bits per heavy atom. The quantitative estimate of drug-likeness (QED) is 0.652.